The van der Waals surface area contributed by atoms with Gasteiger partial charge >= 0.3 is 5.97 Å². The van der Waals surface area contributed by atoms with Crippen LogP contribution in [0.1, 0.15) is 27.7 Å². The number of aliphatic hydroxyl groups is 1. The van der Waals surface area contributed by atoms with Crippen LogP contribution in [0, 0.1) is 0 Å². The molecule has 0 aliphatic heterocycles. The van der Waals surface area contributed by atoms with E-state index in [1.54, 1.807) is 0 Å². The highest BCUT2D eigenvalue weighted by molar-refractivity contribution is 5.74. The van der Waals surface area contributed by atoms with Crippen LogP contribution in [0.15, 0.2) is 0 Å². The summed E-state index contributed by atoms with van der Waals surface area (Å²) in [5.74, 6) is -1.03. The predicted molar refractivity (Wildman–Crippen MR) is 72.7 cm³/mol. The number of carbonyl (C=O) groups excluding carboxylic acids is 1. The summed E-state index contributed by atoms with van der Waals surface area (Å²) in [7, 11) is 3.40. The molecule has 3 N–H and O–H groups in total. The van der Waals surface area contributed by atoms with Crippen LogP contribution in [0.4, 0.5) is 0 Å². The number of likely N-dealkylation sites (N-methyl/N-ethyl adjacent to an activating group) is 2. The SMILES string of the molecule is CC.CCN(C)CC=O.CNC(C(=O)O)C(C)O. The second-order valence-electron chi connectivity index (χ2n) is 3.37. The number of rotatable bonds is 6. The molecular formula is C12H28N2O4. The summed E-state index contributed by atoms with van der Waals surface area (Å²) < 4.78 is 0. The Kier molecular flexibility index (Phi) is 19.8. The highest BCUT2D eigenvalue weighted by atomic mass is 16.4. The maximum absolute atomic E-state index is 10.1. The van der Waals surface area contributed by atoms with Crippen molar-refractivity contribution in [3.8, 4) is 0 Å². The van der Waals surface area contributed by atoms with Crippen LogP contribution >= 0.6 is 0 Å². The number of aldehydes is 1. The lowest BCUT2D eigenvalue weighted by Crippen LogP contribution is -2.42. The highest BCUT2D eigenvalue weighted by Crippen LogP contribution is 1.89. The summed E-state index contributed by atoms with van der Waals surface area (Å²) in [6.07, 6.45) is 0.0521. The lowest BCUT2D eigenvalue weighted by Gasteiger charge is -2.12. The Morgan fingerprint density at radius 2 is 1.89 bits per heavy atom. The lowest BCUT2D eigenvalue weighted by atomic mass is 10.2. The fourth-order valence-electron chi connectivity index (χ4n) is 0.827. The fraction of sp³-hybridized carbons (Fsp3) is 0.833. The molecule has 0 heterocycles. The second-order valence-corrected chi connectivity index (χ2v) is 3.37. The number of nitrogens with zero attached hydrogens (tertiary/aromatic N) is 1. The molecule has 18 heavy (non-hydrogen) atoms. The highest BCUT2D eigenvalue weighted by Gasteiger charge is 2.19. The molecule has 6 nitrogen and oxygen atoms in total. The third-order valence-electron chi connectivity index (χ3n) is 1.99. The zero-order valence-corrected chi connectivity index (χ0v) is 12.3. The number of aliphatic hydroxyl groups excluding tert-OH is 1. The summed E-state index contributed by atoms with van der Waals surface area (Å²) in [5, 5.41) is 19.5. The molecule has 110 valence electrons. The Morgan fingerprint density at radius 1 is 1.44 bits per heavy atom. The van der Waals surface area contributed by atoms with E-state index in [4.69, 9.17) is 10.2 Å². The zero-order valence-electron chi connectivity index (χ0n) is 12.3. The smallest absolute Gasteiger partial charge is 0.323 e. The molecule has 0 saturated carbocycles. The quantitative estimate of drug-likeness (QED) is 0.594. The number of carboxylic acids is 1. The Labute approximate surface area is 110 Å². The standard InChI is InChI=1S/C5H11NO3.C5H11NO.C2H6/c1-3(7)4(6-2)5(8)9;1-3-6(2)4-5-7;1-2/h3-4,6-7H,1-2H3,(H,8,9);5H,3-4H2,1-2H3;1-2H3. The molecule has 0 fully saturated rings. The van der Waals surface area contributed by atoms with Crippen LogP contribution in [0.3, 0.4) is 0 Å². The van der Waals surface area contributed by atoms with Gasteiger partial charge in [-0.1, -0.05) is 20.8 Å². The van der Waals surface area contributed by atoms with Crippen molar-refractivity contribution in [3.63, 3.8) is 0 Å². The number of nitrogens with one attached hydrogen (secondary N) is 1. The Balaban J connectivity index is -0.000000225. The summed E-state index contributed by atoms with van der Waals surface area (Å²) >= 11 is 0. The van der Waals surface area contributed by atoms with Crippen molar-refractivity contribution >= 4 is 12.3 Å². The van der Waals surface area contributed by atoms with E-state index in [9.17, 15) is 9.59 Å². The van der Waals surface area contributed by atoms with Gasteiger partial charge in [-0.2, -0.15) is 0 Å². The minimum absolute atomic E-state index is 0.552. The molecule has 0 aliphatic rings. The molecule has 0 amide bonds. The number of aliphatic carboxylic acids is 1. The van der Waals surface area contributed by atoms with Crippen LogP contribution in [-0.4, -0.2) is 66.7 Å². The minimum atomic E-state index is -1.03. The van der Waals surface area contributed by atoms with Gasteiger partial charge in [-0.3, -0.25) is 9.69 Å². The molecule has 6 heteroatoms. The summed E-state index contributed by atoms with van der Waals surface area (Å²) in [6.45, 7) is 8.94. The van der Waals surface area contributed by atoms with E-state index in [1.165, 1.54) is 14.0 Å². The molecular weight excluding hydrogens is 236 g/mol. The molecule has 0 aliphatic carbocycles. The molecule has 2 unspecified atom stereocenters. The first-order valence-electron chi connectivity index (χ1n) is 6.10. The minimum Gasteiger partial charge on any atom is -0.480 e. The van der Waals surface area contributed by atoms with Gasteiger partial charge in [-0.25, -0.2) is 0 Å². The Morgan fingerprint density at radius 3 is 1.94 bits per heavy atom. The van der Waals surface area contributed by atoms with Crippen molar-refractivity contribution < 1.29 is 19.8 Å². The number of hydrogen-bond acceptors (Lipinski definition) is 5. The van der Waals surface area contributed by atoms with Gasteiger partial charge in [0, 0.05) is 0 Å². The van der Waals surface area contributed by atoms with Crippen LogP contribution in [-0.2, 0) is 9.59 Å². The second kappa shape index (κ2) is 16.0. The summed E-state index contributed by atoms with van der Waals surface area (Å²) in [6, 6.07) is -0.856. The number of carboxylic acid groups (broad SMARTS) is 1. The van der Waals surface area contributed by atoms with E-state index in [1.807, 2.05) is 32.7 Å². The average molecular weight is 264 g/mol. The van der Waals surface area contributed by atoms with Gasteiger partial charge in [0.2, 0.25) is 0 Å². The monoisotopic (exact) mass is 264 g/mol. The largest absolute Gasteiger partial charge is 0.480 e. The van der Waals surface area contributed by atoms with Crippen molar-refractivity contribution in [2.24, 2.45) is 0 Å². The molecule has 0 bridgehead atoms. The van der Waals surface area contributed by atoms with E-state index < -0.39 is 18.1 Å². The van der Waals surface area contributed by atoms with E-state index in [-0.39, 0.29) is 0 Å². The first-order valence-corrected chi connectivity index (χ1v) is 6.10. The van der Waals surface area contributed by atoms with Gasteiger partial charge < -0.3 is 20.3 Å². The molecule has 0 spiro atoms. The molecule has 0 aromatic heterocycles. The van der Waals surface area contributed by atoms with Crippen molar-refractivity contribution in [1.29, 1.82) is 0 Å². The maximum Gasteiger partial charge on any atom is 0.323 e. The molecule has 2 atom stereocenters. The molecule has 0 saturated heterocycles. The van der Waals surface area contributed by atoms with Crippen LogP contribution < -0.4 is 5.32 Å². The normalized spacial score (nSPS) is 12.4. The van der Waals surface area contributed by atoms with Crippen LogP contribution in [0.2, 0.25) is 0 Å². The van der Waals surface area contributed by atoms with Gasteiger partial charge in [0.1, 0.15) is 12.3 Å². The third kappa shape index (κ3) is 15.0. The van der Waals surface area contributed by atoms with Gasteiger partial charge in [0.15, 0.2) is 0 Å². The first-order chi connectivity index (χ1) is 8.40. The van der Waals surface area contributed by atoms with Crippen molar-refractivity contribution in [2.75, 3.05) is 27.2 Å². The van der Waals surface area contributed by atoms with Crippen molar-refractivity contribution in [3.05, 3.63) is 0 Å². The molecule has 0 radical (unpaired) electrons. The lowest BCUT2D eigenvalue weighted by molar-refractivity contribution is -0.141. The predicted octanol–water partition coefficient (Wildman–Crippen LogP) is 0.203. The number of hydrogen-bond donors (Lipinski definition) is 3. The van der Waals surface area contributed by atoms with E-state index >= 15 is 0 Å². The van der Waals surface area contributed by atoms with Gasteiger partial charge in [-0.15, -0.1) is 0 Å². The topological polar surface area (TPSA) is 89.9 Å². The van der Waals surface area contributed by atoms with E-state index in [2.05, 4.69) is 5.32 Å². The Bertz CT molecular complexity index is 199. The molecule has 0 aromatic rings. The molecule has 0 rings (SSSR count). The fourth-order valence-corrected chi connectivity index (χ4v) is 0.827. The van der Waals surface area contributed by atoms with Crippen LogP contribution in [0.25, 0.3) is 0 Å². The summed E-state index contributed by atoms with van der Waals surface area (Å²) in [5.41, 5.74) is 0. The first kappa shape index (κ1) is 22.2. The van der Waals surface area contributed by atoms with Gasteiger partial charge in [0.25, 0.3) is 0 Å². The zero-order chi connectivity index (χ0) is 15.1. The van der Waals surface area contributed by atoms with Gasteiger partial charge in [0.05, 0.1) is 12.6 Å². The average Bonchev–Trinajstić information content (AvgIpc) is 2.32. The van der Waals surface area contributed by atoms with Gasteiger partial charge in [-0.05, 0) is 27.6 Å². The molecule has 0 aromatic carbocycles. The maximum atomic E-state index is 10.1. The Hall–Kier alpha value is -0.980. The number of carbonyl (C=O) groups is 2. The van der Waals surface area contributed by atoms with E-state index in [0.717, 1.165) is 12.8 Å². The third-order valence-corrected chi connectivity index (χ3v) is 1.99. The van der Waals surface area contributed by atoms with Crippen molar-refractivity contribution in [2.45, 2.75) is 39.8 Å². The van der Waals surface area contributed by atoms with Crippen LogP contribution in [0.5, 0.6) is 0 Å². The van der Waals surface area contributed by atoms with E-state index in [0.29, 0.717) is 6.54 Å². The summed E-state index contributed by atoms with van der Waals surface area (Å²) in [4.78, 5) is 21.8. The van der Waals surface area contributed by atoms with Crippen molar-refractivity contribution in [1.82, 2.24) is 10.2 Å².